The molecule has 1 aliphatic heterocycles. The van der Waals surface area contributed by atoms with Gasteiger partial charge in [-0.2, -0.15) is 0 Å². The molecule has 1 heterocycles. The molecule has 3 aromatic carbocycles. The summed E-state index contributed by atoms with van der Waals surface area (Å²) in [6.07, 6.45) is 0.296. The van der Waals surface area contributed by atoms with Crippen molar-refractivity contribution in [2.45, 2.75) is 19.9 Å². The number of aryl methyl sites for hydroxylation is 1. The molecular formula is C23H20N2O. The molecule has 1 aliphatic rings. The van der Waals surface area contributed by atoms with Crippen molar-refractivity contribution < 1.29 is 4.79 Å². The van der Waals surface area contributed by atoms with Crippen molar-refractivity contribution in [3.8, 4) is 0 Å². The zero-order valence-corrected chi connectivity index (χ0v) is 14.7. The Bertz CT molecular complexity index is 976. The second-order valence-electron chi connectivity index (χ2n) is 6.56. The second kappa shape index (κ2) is 6.96. The van der Waals surface area contributed by atoms with E-state index < -0.39 is 0 Å². The van der Waals surface area contributed by atoms with Crippen molar-refractivity contribution in [2.75, 3.05) is 4.90 Å². The van der Waals surface area contributed by atoms with Crippen LogP contribution < -0.4 is 4.90 Å². The van der Waals surface area contributed by atoms with E-state index in [1.165, 1.54) is 5.56 Å². The first-order chi connectivity index (χ1) is 12.7. The molecule has 0 saturated heterocycles. The predicted octanol–water partition coefficient (Wildman–Crippen LogP) is 5.05. The highest BCUT2D eigenvalue weighted by atomic mass is 16.2. The molecule has 26 heavy (non-hydrogen) atoms. The number of anilines is 1. The van der Waals surface area contributed by atoms with Gasteiger partial charge in [0.25, 0.3) is 0 Å². The molecule has 4 rings (SSSR count). The first-order valence-corrected chi connectivity index (χ1v) is 8.78. The number of rotatable bonds is 3. The van der Waals surface area contributed by atoms with Gasteiger partial charge in [-0.3, -0.25) is 9.79 Å². The standard InChI is InChI=1S/C23H20N2O/c1-17-8-7-9-18(14-17)16-25-22-13-6-5-12-20(22)24-21(15-23(25)26)19-10-3-2-4-11-19/h2-14H,15-16H2,1H3. The van der Waals surface area contributed by atoms with Crippen molar-refractivity contribution >= 4 is 23.0 Å². The molecule has 0 aromatic heterocycles. The number of para-hydroxylation sites is 2. The normalized spacial score (nSPS) is 13.8. The lowest BCUT2D eigenvalue weighted by Crippen LogP contribution is -2.31. The fourth-order valence-electron chi connectivity index (χ4n) is 3.31. The zero-order chi connectivity index (χ0) is 17.9. The molecular weight excluding hydrogens is 320 g/mol. The monoisotopic (exact) mass is 340 g/mol. The summed E-state index contributed by atoms with van der Waals surface area (Å²) in [4.78, 5) is 19.8. The largest absolute Gasteiger partial charge is 0.306 e. The van der Waals surface area contributed by atoms with E-state index in [9.17, 15) is 4.79 Å². The molecule has 3 nitrogen and oxygen atoms in total. The van der Waals surface area contributed by atoms with Gasteiger partial charge in [0, 0.05) is 0 Å². The molecule has 0 bridgehead atoms. The summed E-state index contributed by atoms with van der Waals surface area (Å²) >= 11 is 0. The number of hydrogen-bond donors (Lipinski definition) is 0. The van der Waals surface area contributed by atoms with Crippen molar-refractivity contribution in [1.82, 2.24) is 0 Å². The van der Waals surface area contributed by atoms with Gasteiger partial charge in [0.2, 0.25) is 5.91 Å². The lowest BCUT2D eigenvalue weighted by Gasteiger charge is -2.22. The predicted molar refractivity (Wildman–Crippen MR) is 106 cm³/mol. The summed E-state index contributed by atoms with van der Waals surface area (Å²) in [7, 11) is 0. The van der Waals surface area contributed by atoms with Gasteiger partial charge in [0.1, 0.15) is 0 Å². The van der Waals surface area contributed by atoms with E-state index in [-0.39, 0.29) is 5.91 Å². The Balaban J connectivity index is 1.75. The van der Waals surface area contributed by atoms with E-state index in [0.717, 1.165) is 28.2 Å². The van der Waals surface area contributed by atoms with Crippen LogP contribution in [0.15, 0.2) is 83.9 Å². The second-order valence-corrected chi connectivity index (χ2v) is 6.56. The van der Waals surface area contributed by atoms with Gasteiger partial charge in [-0.05, 0) is 30.2 Å². The maximum atomic E-state index is 13.1. The van der Waals surface area contributed by atoms with Gasteiger partial charge < -0.3 is 4.90 Å². The van der Waals surface area contributed by atoms with Crippen LogP contribution >= 0.6 is 0 Å². The Hall–Kier alpha value is -3.20. The van der Waals surface area contributed by atoms with Gasteiger partial charge >= 0.3 is 0 Å². The quantitative estimate of drug-likeness (QED) is 0.656. The highest BCUT2D eigenvalue weighted by Crippen LogP contribution is 2.33. The lowest BCUT2D eigenvalue weighted by molar-refractivity contribution is -0.117. The fourth-order valence-corrected chi connectivity index (χ4v) is 3.31. The van der Waals surface area contributed by atoms with Crippen LogP contribution in [0.25, 0.3) is 0 Å². The van der Waals surface area contributed by atoms with Gasteiger partial charge in [0.05, 0.1) is 30.1 Å². The third kappa shape index (κ3) is 3.29. The fraction of sp³-hybridized carbons (Fsp3) is 0.130. The molecule has 1 amide bonds. The minimum atomic E-state index is 0.0686. The van der Waals surface area contributed by atoms with Crippen LogP contribution in [0.4, 0.5) is 11.4 Å². The number of fused-ring (bicyclic) bond motifs is 1. The van der Waals surface area contributed by atoms with E-state index in [4.69, 9.17) is 4.99 Å². The summed E-state index contributed by atoms with van der Waals surface area (Å²) in [5.74, 6) is 0.0686. The topological polar surface area (TPSA) is 32.7 Å². The number of aliphatic imine (C=N–C) groups is 1. The van der Waals surface area contributed by atoms with Crippen molar-refractivity contribution in [1.29, 1.82) is 0 Å². The summed E-state index contributed by atoms with van der Waals surface area (Å²) in [5.41, 5.74) is 5.83. The minimum Gasteiger partial charge on any atom is -0.306 e. The van der Waals surface area contributed by atoms with Crippen LogP contribution in [0.5, 0.6) is 0 Å². The summed E-state index contributed by atoms with van der Waals surface area (Å²) in [6.45, 7) is 2.62. The van der Waals surface area contributed by atoms with E-state index in [0.29, 0.717) is 13.0 Å². The number of carbonyl (C=O) groups excluding carboxylic acids is 1. The summed E-state index contributed by atoms with van der Waals surface area (Å²) < 4.78 is 0. The third-order valence-corrected chi connectivity index (χ3v) is 4.58. The molecule has 3 aromatic rings. The third-order valence-electron chi connectivity index (χ3n) is 4.58. The molecule has 0 saturated carbocycles. The van der Waals surface area contributed by atoms with Crippen molar-refractivity contribution in [2.24, 2.45) is 4.99 Å². The average Bonchev–Trinajstić information content (AvgIpc) is 2.80. The van der Waals surface area contributed by atoms with Crippen LogP contribution in [0.3, 0.4) is 0 Å². The van der Waals surface area contributed by atoms with Crippen LogP contribution in [0, 0.1) is 6.92 Å². The number of carbonyl (C=O) groups is 1. The first kappa shape index (κ1) is 16.3. The van der Waals surface area contributed by atoms with E-state index in [1.807, 2.05) is 65.6 Å². The molecule has 0 atom stereocenters. The summed E-state index contributed by atoms with van der Waals surface area (Å²) in [6, 6.07) is 26.1. The Kier molecular flexibility index (Phi) is 4.36. The maximum Gasteiger partial charge on any atom is 0.233 e. The van der Waals surface area contributed by atoms with E-state index in [1.54, 1.807) is 0 Å². The molecule has 0 unspecified atom stereocenters. The van der Waals surface area contributed by atoms with E-state index in [2.05, 4.69) is 25.1 Å². The van der Waals surface area contributed by atoms with Crippen molar-refractivity contribution in [3.63, 3.8) is 0 Å². The van der Waals surface area contributed by atoms with Crippen molar-refractivity contribution in [3.05, 3.63) is 95.6 Å². The van der Waals surface area contributed by atoms with Crippen LogP contribution in [-0.4, -0.2) is 11.6 Å². The molecule has 128 valence electrons. The highest BCUT2D eigenvalue weighted by Gasteiger charge is 2.24. The Morgan fingerprint density at radius 3 is 2.50 bits per heavy atom. The van der Waals surface area contributed by atoms with E-state index >= 15 is 0 Å². The van der Waals surface area contributed by atoms with Gasteiger partial charge in [0.15, 0.2) is 0 Å². The first-order valence-electron chi connectivity index (χ1n) is 8.78. The Morgan fingerprint density at radius 1 is 0.923 bits per heavy atom. The van der Waals surface area contributed by atoms with Crippen LogP contribution in [0.1, 0.15) is 23.1 Å². The smallest absolute Gasteiger partial charge is 0.233 e. The number of benzene rings is 3. The van der Waals surface area contributed by atoms with Gasteiger partial charge in [-0.25, -0.2) is 0 Å². The summed E-state index contributed by atoms with van der Waals surface area (Å²) in [5, 5.41) is 0. The zero-order valence-electron chi connectivity index (χ0n) is 14.7. The van der Waals surface area contributed by atoms with Gasteiger partial charge in [-0.15, -0.1) is 0 Å². The SMILES string of the molecule is Cc1cccc(CN2C(=O)CC(c3ccccc3)=Nc3ccccc32)c1. The molecule has 0 spiro atoms. The number of nitrogens with zero attached hydrogens (tertiary/aromatic N) is 2. The molecule has 0 N–H and O–H groups in total. The number of hydrogen-bond acceptors (Lipinski definition) is 2. The van der Waals surface area contributed by atoms with Gasteiger partial charge in [-0.1, -0.05) is 72.3 Å². The Labute approximate surface area is 153 Å². The minimum absolute atomic E-state index is 0.0686. The lowest BCUT2D eigenvalue weighted by atomic mass is 10.1. The molecule has 0 radical (unpaired) electrons. The highest BCUT2D eigenvalue weighted by molar-refractivity contribution is 6.17. The van der Waals surface area contributed by atoms with Crippen LogP contribution in [-0.2, 0) is 11.3 Å². The molecule has 0 fully saturated rings. The molecule has 0 aliphatic carbocycles. The average molecular weight is 340 g/mol. The number of amides is 1. The Morgan fingerprint density at radius 2 is 1.69 bits per heavy atom. The molecule has 3 heteroatoms. The maximum absolute atomic E-state index is 13.1. The van der Waals surface area contributed by atoms with Crippen LogP contribution in [0.2, 0.25) is 0 Å².